The van der Waals surface area contributed by atoms with E-state index in [0.29, 0.717) is 11.6 Å². The number of hydrogen-bond donors (Lipinski definition) is 2. The first kappa shape index (κ1) is 18.2. The van der Waals surface area contributed by atoms with E-state index >= 15 is 0 Å². The van der Waals surface area contributed by atoms with Crippen LogP contribution in [0.1, 0.15) is 37.2 Å². The summed E-state index contributed by atoms with van der Waals surface area (Å²) in [5, 5.41) is 6.44. The van der Waals surface area contributed by atoms with E-state index in [2.05, 4.69) is 39.9 Å². The van der Waals surface area contributed by atoms with Gasteiger partial charge < -0.3 is 10.6 Å². The highest BCUT2D eigenvalue weighted by Gasteiger charge is 2.25. The summed E-state index contributed by atoms with van der Waals surface area (Å²) in [5.41, 5.74) is 2.72. The molecule has 2 N–H and O–H groups in total. The first-order valence-electron chi connectivity index (χ1n) is 9.70. The summed E-state index contributed by atoms with van der Waals surface area (Å²) in [7, 11) is 0. The normalized spacial score (nSPS) is 19.1. The van der Waals surface area contributed by atoms with E-state index in [4.69, 9.17) is 0 Å². The highest BCUT2D eigenvalue weighted by Crippen LogP contribution is 2.32. The number of pyridine rings is 1. The van der Waals surface area contributed by atoms with Crippen LogP contribution in [0.2, 0.25) is 0 Å². The van der Waals surface area contributed by atoms with E-state index in [1.54, 1.807) is 6.20 Å². The van der Waals surface area contributed by atoms with Gasteiger partial charge in [0.1, 0.15) is 0 Å². The van der Waals surface area contributed by atoms with Gasteiger partial charge >= 0.3 is 11.8 Å². The molecule has 5 nitrogen and oxygen atoms in total. The smallest absolute Gasteiger partial charge is 0.313 e. The third kappa shape index (κ3) is 4.19. The number of amides is 2. The Kier molecular flexibility index (Phi) is 5.33. The van der Waals surface area contributed by atoms with E-state index in [9.17, 15) is 9.59 Å². The number of rotatable bonds is 3. The molecule has 1 aliphatic carbocycles. The summed E-state index contributed by atoms with van der Waals surface area (Å²) in [6.07, 6.45) is 5.38. The molecule has 2 aromatic carbocycles. The maximum absolute atomic E-state index is 12.3. The molecule has 1 saturated carbocycles. The molecule has 1 fully saturated rings. The van der Waals surface area contributed by atoms with Gasteiger partial charge in [-0.15, -0.1) is 0 Å². The molecule has 1 aromatic heterocycles. The zero-order chi connectivity index (χ0) is 19.3. The Balaban J connectivity index is 1.30. The van der Waals surface area contributed by atoms with Crippen molar-refractivity contribution in [3.8, 4) is 0 Å². The van der Waals surface area contributed by atoms with Crippen molar-refractivity contribution < 1.29 is 9.59 Å². The number of aromatic nitrogens is 1. The minimum Gasteiger partial charge on any atom is -0.345 e. The molecule has 0 saturated heterocycles. The summed E-state index contributed by atoms with van der Waals surface area (Å²) >= 11 is 0. The number of para-hydroxylation sites is 1. The first-order valence-corrected chi connectivity index (χ1v) is 9.70. The van der Waals surface area contributed by atoms with Gasteiger partial charge in [0.05, 0.1) is 17.4 Å². The van der Waals surface area contributed by atoms with Gasteiger partial charge in [0.15, 0.2) is 0 Å². The minimum atomic E-state index is -0.651. The predicted molar refractivity (Wildman–Crippen MR) is 110 cm³/mol. The fourth-order valence-corrected chi connectivity index (χ4v) is 3.87. The second-order valence-electron chi connectivity index (χ2n) is 7.30. The van der Waals surface area contributed by atoms with Gasteiger partial charge in [-0.1, -0.05) is 48.5 Å². The van der Waals surface area contributed by atoms with Crippen molar-refractivity contribution in [2.24, 2.45) is 0 Å². The molecule has 0 aliphatic heterocycles. The van der Waals surface area contributed by atoms with Crippen LogP contribution in [0.4, 0.5) is 5.69 Å². The fourth-order valence-electron chi connectivity index (χ4n) is 3.87. The predicted octanol–water partition coefficient (Wildman–Crippen LogP) is 4.02. The van der Waals surface area contributed by atoms with Gasteiger partial charge in [0.2, 0.25) is 0 Å². The van der Waals surface area contributed by atoms with Gasteiger partial charge in [0, 0.05) is 11.4 Å². The maximum atomic E-state index is 12.3. The lowest BCUT2D eigenvalue weighted by molar-refractivity contribution is -0.136. The van der Waals surface area contributed by atoms with Crippen LogP contribution in [0.25, 0.3) is 10.9 Å². The summed E-state index contributed by atoms with van der Waals surface area (Å²) in [6, 6.07) is 20.0. The average Bonchev–Trinajstić information content (AvgIpc) is 2.75. The molecule has 0 unspecified atom stereocenters. The number of fused-ring (bicyclic) bond motifs is 1. The van der Waals surface area contributed by atoms with Gasteiger partial charge in [0.25, 0.3) is 0 Å². The number of nitrogens with zero attached hydrogens (tertiary/aromatic N) is 1. The van der Waals surface area contributed by atoms with Crippen LogP contribution in [0, 0.1) is 0 Å². The zero-order valence-electron chi connectivity index (χ0n) is 15.6. The van der Waals surface area contributed by atoms with Crippen molar-refractivity contribution in [3.63, 3.8) is 0 Å². The first-order chi connectivity index (χ1) is 13.7. The van der Waals surface area contributed by atoms with Crippen LogP contribution in [0.15, 0.2) is 66.9 Å². The van der Waals surface area contributed by atoms with Crippen molar-refractivity contribution in [2.75, 3.05) is 5.32 Å². The largest absolute Gasteiger partial charge is 0.345 e. The second-order valence-corrected chi connectivity index (χ2v) is 7.30. The third-order valence-electron chi connectivity index (χ3n) is 5.39. The van der Waals surface area contributed by atoms with Gasteiger partial charge in [-0.3, -0.25) is 14.6 Å². The lowest BCUT2D eigenvalue weighted by Crippen LogP contribution is -2.43. The van der Waals surface area contributed by atoms with Crippen molar-refractivity contribution >= 4 is 28.4 Å². The molecule has 1 aliphatic rings. The van der Waals surface area contributed by atoms with Crippen LogP contribution in [-0.2, 0) is 9.59 Å². The average molecular weight is 373 g/mol. The number of benzene rings is 2. The van der Waals surface area contributed by atoms with Crippen molar-refractivity contribution in [3.05, 3.63) is 72.4 Å². The highest BCUT2D eigenvalue weighted by molar-refractivity contribution is 6.39. The Labute approximate surface area is 164 Å². The van der Waals surface area contributed by atoms with Gasteiger partial charge in [-0.25, -0.2) is 0 Å². The topological polar surface area (TPSA) is 71.1 Å². The summed E-state index contributed by atoms with van der Waals surface area (Å²) in [6.45, 7) is 0. The number of carbonyl (C=O) groups is 2. The molecule has 3 aromatic rings. The molecule has 2 amide bonds. The molecule has 0 radical (unpaired) electrons. The van der Waals surface area contributed by atoms with E-state index in [0.717, 1.165) is 36.6 Å². The van der Waals surface area contributed by atoms with Gasteiger partial charge in [-0.05, 0) is 49.3 Å². The number of hydrogen-bond acceptors (Lipinski definition) is 3. The van der Waals surface area contributed by atoms with Crippen molar-refractivity contribution in [2.45, 2.75) is 37.6 Å². The van der Waals surface area contributed by atoms with E-state index in [1.807, 2.05) is 36.4 Å². The molecule has 1 heterocycles. The van der Waals surface area contributed by atoms with E-state index in [1.165, 1.54) is 5.56 Å². The molecule has 4 rings (SSSR count). The van der Waals surface area contributed by atoms with Crippen LogP contribution in [0.5, 0.6) is 0 Å². The molecule has 28 heavy (non-hydrogen) atoms. The lowest BCUT2D eigenvalue weighted by Gasteiger charge is -2.29. The Morgan fingerprint density at radius 3 is 2.36 bits per heavy atom. The Hall–Kier alpha value is -3.21. The number of nitrogens with one attached hydrogen (secondary N) is 2. The molecular weight excluding hydrogens is 350 g/mol. The standard InChI is InChI=1S/C23H23N3O2/c27-22(23(28)26-20-14-18-8-4-5-9-21(18)24-15-20)25-19-12-10-17(11-13-19)16-6-2-1-3-7-16/h1-9,14-15,17,19H,10-13H2,(H,25,27)(H,26,28). The van der Waals surface area contributed by atoms with E-state index < -0.39 is 11.8 Å². The van der Waals surface area contributed by atoms with Crippen LogP contribution in [-0.4, -0.2) is 22.8 Å². The zero-order valence-corrected chi connectivity index (χ0v) is 15.6. The Morgan fingerprint density at radius 1 is 0.857 bits per heavy atom. The minimum absolute atomic E-state index is 0.0490. The van der Waals surface area contributed by atoms with Gasteiger partial charge in [-0.2, -0.15) is 0 Å². The Morgan fingerprint density at radius 2 is 1.57 bits per heavy atom. The molecule has 0 atom stereocenters. The summed E-state index contributed by atoms with van der Waals surface area (Å²) in [4.78, 5) is 28.8. The SMILES string of the molecule is O=C(Nc1cnc2ccccc2c1)C(=O)NC1CCC(c2ccccc2)CC1. The molecule has 142 valence electrons. The molecular formula is C23H23N3O2. The molecule has 5 heteroatoms. The van der Waals surface area contributed by atoms with Crippen LogP contribution < -0.4 is 10.6 Å². The lowest BCUT2D eigenvalue weighted by atomic mass is 9.82. The highest BCUT2D eigenvalue weighted by atomic mass is 16.2. The van der Waals surface area contributed by atoms with Crippen LogP contribution >= 0.6 is 0 Å². The fraction of sp³-hybridized carbons (Fsp3) is 0.261. The van der Waals surface area contributed by atoms with Crippen molar-refractivity contribution in [1.29, 1.82) is 0 Å². The monoisotopic (exact) mass is 373 g/mol. The van der Waals surface area contributed by atoms with E-state index in [-0.39, 0.29) is 6.04 Å². The summed E-state index contributed by atoms with van der Waals surface area (Å²) < 4.78 is 0. The number of anilines is 1. The Bertz CT molecular complexity index is 979. The third-order valence-corrected chi connectivity index (χ3v) is 5.39. The summed E-state index contributed by atoms with van der Waals surface area (Å²) in [5.74, 6) is -0.703. The van der Waals surface area contributed by atoms with Crippen LogP contribution in [0.3, 0.4) is 0 Å². The van der Waals surface area contributed by atoms with Crippen molar-refractivity contribution in [1.82, 2.24) is 10.3 Å². The quantitative estimate of drug-likeness (QED) is 0.681. The molecule has 0 bridgehead atoms. The number of carbonyl (C=O) groups excluding carboxylic acids is 2. The second kappa shape index (κ2) is 8.21. The molecule has 0 spiro atoms. The maximum Gasteiger partial charge on any atom is 0.313 e.